The molecule has 2 aromatic rings. The lowest BCUT2D eigenvalue weighted by Crippen LogP contribution is -2.27. The third-order valence-electron chi connectivity index (χ3n) is 2.86. The van der Waals surface area contributed by atoms with Gasteiger partial charge in [-0.1, -0.05) is 6.92 Å². The van der Waals surface area contributed by atoms with Crippen molar-refractivity contribution >= 4 is 27.2 Å². The van der Waals surface area contributed by atoms with Gasteiger partial charge in [0.25, 0.3) is 0 Å². The Hall–Kier alpha value is -1.29. The van der Waals surface area contributed by atoms with Crippen LogP contribution in [-0.2, 0) is 0 Å². The molecule has 2 N–H and O–H groups in total. The molecule has 0 aliphatic heterocycles. The minimum atomic E-state index is -0.202. The Labute approximate surface area is 106 Å². The Morgan fingerprint density at radius 1 is 1.41 bits per heavy atom. The summed E-state index contributed by atoms with van der Waals surface area (Å²) in [4.78, 5) is 4.45. The van der Waals surface area contributed by atoms with Gasteiger partial charge in [0, 0.05) is 6.07 Å². The van der Waals surface area contributed by atoms with Crippen molar-refractivity contribution in [3.63, 3.8) is 0 Å². The number of anilines is 1. The van der Waals surface area contributed by atoms with Gasteiger partial charge in [-0.2, -0.15) is 0 Å². The van der Waals surface area contributed by atoms with Crippen LogP contribution in [0, 0.1) is 6.92 Å². The second-order valence-electron chi connectivity index (χ2n) is 4.81. The number of fused-ring (bicyclic) bond motifs is 1. The summed E-state index contributed by atoms with van der Waals surface area (Å²) < 4.78 is 7.05. The third kappa shape index (κ3) is 2.52. The molecule has 0 saturated carbocycles. The fraction of sp³-hybridized carbons (Fsp3) is 0.462. The van der Waals surface area contributed by atoms with Crippen LogP contribution in [0.1, 0.15) is 32.2 Å². The van der Waals surface area contributed by atoms with E-state index in [2.05, 4.69) is 25.8 Å². The number of aryl methyl sites for hydroxylation is 1. The van der Waals surface area contributed by atoms with Crippen LogP contribution in [0.5, 0.6) is 5.75 Å². The zero-order valence-corrected chi connectivity index (χ0v) is 11.5. The summed E-state index contributed by atoms with van der Waals surface area (Å²) in [5, 5.41) is 1.05. The molecule has 0 spiro atoms. The molecule has 0 amide bonds. The van der Waals surface area contributed by atoms with Gasteiger partial charge in [-0.3, -0.25) is 0 Å². The van der Waals surface area contributed by atoms with Crippen molar-refractivity contribution < 1.29 is 4.74 Å². The lowest BCUT2D eigenvalue weighted by atomic mass is 10.1. The predicted octanol–water partition coefficient (Wildman–Crippen LogP) is 3.75. The van der Waals surface area contributed by atoms with Crippen molar-refractivity contribution in [1.29, 1.82) is 0 Å². The van der Waals surface area contributed by atoms with Crippen LogP contribution >= 0.6 is 11.3 Å². The van der Waals surface area contributed by atoms with E-state index >= 15 is 0 Å². The van der Waals surface area contributed by atoms with Crippen LogP contribution in [0.4, 0.5) is 5.69 Å². The van der Waals surface area contributed by atoms with Crippen molar-refractivity contribution in [3.8, 4) is 5.75 Å². The zero-order chi connectivity index (χ0) is 12.6. The first-order valence-electron chi connectivity index (χ1n) is 5.77. The normalized spacial score (nSPS) is 12.0. The lowest BCUT2D eigenvalue weighted by Gasteiger charge is -2.25. The van der Waals surface area contributed by atoms with E-state index in [-0.39, 0.29) is 5.60 Å². The topological polar surface area (TPSA) is 48.1 Å². The van der Waals surface area contributed by atoms with Crippen molar-refractivity contribution in [2.24, 2.45) is 0 Å². The van der Waals surface area contributed by atoms with Crippen LogP contribution in [0.2, 0.25) is 0 Å². The van der Waals surface area contributed by atoms with Gasteiger partial charge in [0.15, 0.2) is 0 Å². The lowest BCUT2D eigenvalue weighted by molar-refractivity contribution is 0.106. The van der Waals surface area contributed by atoms with E-state index in [1.165, 1.54) is 0 Å². The van der Waals surface area contributed by atoms with Gasteiger partial charge in [-0.15, -0.1) is 11.3 Å². The van der Waals surface area contributed by atoms with E-state index in [1.54, 1.807) is 11.3 Å². The summed E-state index contributed by atoms with van der Waals surface area (Å²) in [6.07, 6.45) is 0.931. The molecule has 92 valence electrons. The Balaban J connectivity index is 2.43. The van der Waals surface area contributed by atoms with Crippen LogP contribution in [0.25, 0.3) is 10.2 Å². The molecule has 1 aromatic carbocycles. The summed E-state index contributed by atoms with van der Waals surface area (Å²) >= 11 is 1.65. The van der Waals surface area contributed by atoms with Crippen LogP contribution in [0.15, 0.2) is 12.1 Å². The first-order valence-corrected chi connectivity index (χ1v) is 6.58. The number of ether oxygens (including phenoxy) is 1. The second kappa shape index (κ2) is 4.18. The van der Waals surface area contributed by atoms with Gasteiger partial charge in [-0.05, 0) is 33.3 Å². The van der Waals surface area contributed by atoms with E-state index in [9.17, 15) is 0 Å². The van der Waals surface area contributed by atoms with Crippen molar-refractivity contribution in [2.45, 2.75) is 39.7 Å². The van der Waals surface area contributed by atoms with Gasteiger partial charge in [0.05, 0.1) is 20.9 Å². The molecule has 0 bridgehead atoms. The van der Waals surface area contributed by atoms with Gasteiger partial charge >= 0.3 is 0 Å². The molecule has 1 aromatic heterocycles. The highest BCUT2D eigenvalue weighted by Gasteiger charge is 2.19. The first kappa shape index (κ1) is 12.2. The maximum absolute atomic E-state index is 6.01. The number of hydrogen-bond acceptors (Lipinski definition) is 4. The fourth-order valence-corrected chi connectivity index (χ4v) is 2.40. The average molecular weight is 250 g/mol. The minimum Gasteiger partial charge on any atom is -0.486 e. The zero-order valence-electron chi connectivity index (χ0n) is 10.7. The van der Waals surface area contributed by atoms with E-state index in [0.29, 0.717) is 5.69 Å². The highest BCUT2D eigenvalue weighted by atomic mass is 32.1. The molecular weight excluding hydrogens is 232 g/mol. The molecule has 0 fully saturated rings. The maximum Gasteiger partial charge on any atom is 0.145 e. The molecule has 0 unspecified atom stereocenters. The quantitative estimate of drug-likeness (QED) is 0.844. The number of rotatable bonds is 3. The van der Waals surface area contributed by atoms with Gasteiger partial charge in [0.2, 0.25) is 0 Å². The monoisotopic (exact) mass is 250 g/mol. The summed E-state index contributed by atoms with van der Waals surface area (Å²) in [7, 11) is 0. The SMILES string of the molecule is CCC(C)(C)Oc1cc2nc(C)sc2cc1N. The molecule has 0 aliphatic carbocycles. The van der Waals surface area contributed by atoms with E-state index in [1.807, 2.05) is 19.1 Å². The molecular formula is C13H18N2OS. The van der Waals surface area contributed by atoms with Crippen LogP contribution in [-0.4, -0.2) is 10.6 Å². The van der Waals surface area contributed by atoms with Crippen molar-refractivity contribution in [1.82, 2.24) is 4.98 Å². The number of benzene rings is 1. The maximum atomic E-state index is 6.01. The van der Waals surface area contributed by atoms with E-state index in [0.717, 1.165) is 27.4 Å². The van der Waals surface area contributed by atoms with Crippen molar-refractivity contribution in [3.05, 3.63) is 17.1 Å². The van der Waals surface area contributed by atoms with Crippen molar-refractivity contribution in [2.75, 3.05) is 5.73 Å². The molecule has 17 heavy (non-hydrogen) atoms. The predicted molar refractivity (Wildman–Crippen MR) is 73.8 cm³/mol. The average Bonchev–Trinajstić information content (AvgIpc) is 2.58. The summed E-state index contributed by atoms with van der Waals surface area (Å²) in [6.45, 7) is 8.21. The Bertz CT molecular complexity index is 546. The Morgan fingerprint density at radius 3 is 2.76 bits per heavy atom. The highest BCUT2D eigenvalue weighted by Crippen LogP contribution is 2.33. The standard InChI is InChI=1S/C13H18N2OS/c1-5-13(3,4)16-11-7-10-12(6-9(11)14)17-8(2)15-10/h6-7H,5,14H2,1-4H3. The molecule has 0 radical (unpaired) electrons. The fourth-order valence-electron chi connectivity index (χ4n) is 1.54. The second-order valence-corrected chi connectivity index (χ2v) is 6.04. The minimum absolute atomic E-state index is 0.202. The number of nitrogens with two attached hydrogens (primary N) is 1. The smallest absolute Gasteiger partial charge is 0.145 e. The number of aromatic nitrogens is 1. The summed E-state index contributed by atoms with van der Waals surface area (Å²) in [5.74, 6) is 0.731. The molecule has 4 heteroatoms. The number of nitrogen functional groups attached to an aromatic ring is 1. The largest absolute Gasteiger partial charge is 0.486 e. The van der Waals surface area contributed by atoms with Crippen LogP contribution < -0.4 is 10.5 Å². The molecule has 2 rings (SSSR count). The summed E-state index contributed by atoms with van der Waals surface area (Å²) in [5.41, 5.74) is 7.45. The third-order valence-corrected chi connectivity index (χ3v) is 3.80. The number of nitrogens with zero attached hydrogens (tertiary/aromatic N) is 1. The van der Waals surface area contributed by atoms with E-state index in [4.69, 9.17) is 10.5 Å². The highest BCUT2D eigenvalue weighted by molar-refractivity contribution is 7.18. The Kier molecular flexibility index (Phi) is 3.00. The van der Waals surface area contributed by atoms with Gasteiger partial charge in [-0.25, -0.2) is 4.98 Å². The molecule has 0 aliphatic rings. The Morgan fingerprint density at radius 2 is 2.12 bits per heavy atom. The molecule has 0 saturated heterocycles. The van der Waals surface area contributed by atoms with Crippen LogP contribution in [0.3, 0.4) is 0 Å². The summed E-state index contributed by atoms with van der Waals surface area (Å²) in [6, 6.07) is 3.88. The number of thiazole rings is 1. The van der Waals surface area contributed by atoms with Gasteiger partial charge < -0.3 is 10.5 Å². The molecule has 1 heterocycles. The van der Waals surface area contributed by atoms with Gasteiger partial charge in [0.1, 0.15) is 11.4 Å². The van der Waals surface area contributed by atoms with E-state index < -0.39 is 0 Å². The number of hydrogen-bond donors (Lipinski definition) is 1. The first-order chi connectivity index (χ1) is 7.91. The molecule has 0 atom stereocenters. The molecule has 3 nitrogen and oxygen atoms in total.